The summed E-state index contributed by atoms with van der Waals surface area (Å²) < 4.78 is 2.30. The van der Waals surface area contributed by atoms with Crippen LogP contribution < -0.4 is 10.6 Å². The van der Waals surface area contributed by atoms with Gasteiger partial charge in [0.1, 0.15) is 0 Å². The predicted octanol–water partition coefficient (Wildman–Crippen LogP) is 7.21. The molecule has 1 saturated heterocycles. The summed E-state index contributed by atoms with van der Waals surface area (Å²) in [6.07, 6.45) is 13.1. The largest absolute Gasteiger partial charge is 0.390 e. The van der Waals surface area contributed by atoms with E-state index < -0.39 is 0 Å². The van der Waals surface area contributed by atoms with Crippen molar-refractivity contribution in [3.8, 4) is 12.8 Å². The number of nitrogens with zero attached hydrogens (tertiary/aromatic N) is 4. The lowest BCUT2D eigenvalue weighted by molar-refractivity contribution is 0.154. The average molecular weight is 620 g/mol. The molecule has 0 unspecified atom stereocenters. The van der Waals surface area contributed by atoms with E-state index in [0.29, 0.717) is 5.71 Å². The van der Waals surface area contributed by atoms with E-state index in [9.17, 15) is 0 Å². The molecule has 1 aliphatic heterocycles. The molecule has 0 spiro atoms. The number of fused-ring (bicyclic) bond motifs is 1. The Hall–Kier alpha value is -3.64. The lowest BCUT2D eigenvalue weighted by atomic mass is 10.1. The molecular weight excluding hydrogens is 558 g/mol. The van der Waals surface area contributed by atoms with Crippen molar-refractivity contribution in [3.05, 3.63) is 65.2 Å². The van der Waals surface area contributed by atoms with Crippen LogP contribution in [0.15, 0.2) is 48.6 Å². The Morgan fingerprint density at radius 2 is 1.56 bits per heavy atom. The Labute approximate surface area is 274 Å². The van der Waals surface area contributed by atoms with Crippen molar-refractivity contribution in [1.29, 1.82) is 5.41 Å². The van der Waals surface area contributed by atoms with E-state index in [1.165, 1.54) is 54.1 Å². The van der Waals surface area contributed by atoms with E-state index >= 15 is 0 Å². The van der Waals surface area contributed by atoms with Gasteiger partial charge in [0.15, 0.2) is 0 Å². The Morgan fingerprint density at radius 1 is 0.978 bits per heavy atom. The molecule has 8 heteroatoms. The highest BCUT2D eigenvalue weighted by molar-refractivity contribution is 5.80. The molecule has 1 aliphatic rings. The molecule has 3 aromatic rings. The van der Waals surface area contributed by atoms with Crippen molar-refractivity contribution < 1.29 is 5.11 Å². The minimum absolute atomic E-state index is 0.111. The molecule has 1 fully saturated rings. The van der Waals surface area contributed by atoms with Crippen LogP contribution in [0.2, 0.25) is 0 Å². The Kier molecular flexibility index (Phi) is 22.7. The summed E-state index contributed by atoms with van der Waals surface area (Å²) in [5.74, 6) is 0.986. The maximum absolute atomic E-state index is 7.92. The van der Waals surface area contributed by atoms with E-state index in [0.717, 1.165) is 44.1 Å². The average Bonchev–Trinajstić information content (AvgIpc) is 3.41. The number of aliphatic hydroxyl groups is 1. The standard InChI is InChI=1S/C26H38N6.C4H8.C3H7NO.C2H6.C2H2/c1-5-32-25-18-22(19-28-23-16-20(2)15-21(3)17-23)7-8-24(25)29-26(32)27-9-6-10-31-13-11-30(4)12-14-31;1-3-4-2;1-3(4)2-5;2*1-2/h7-8,15-18,28H,5-6,9-14,19H2,1-4H3,(H,27,29);3-4H,1-2H3;4-5H,2H2,1H3;1-2H3;1-2H/b;4-3+;;;. The number of rotatable bonds is 10. The summed E-state index contributed by atoms with van der Waals surface area (Å²) in [6.45, 7) is 24.5. The van der Waals surface area contributed by atoms with Crippen molar-refractivity contribution >= 4 is 28.4 Å². The number of aromatic nitrogens is 2. The van der Waals surface area contributed by atoms with Crippen LogP contribution in [0, 0.1) is 32.1 Å². The first-order valence-corrected chi connectivity index (χ1v) is 16.2. The summed E-state index contributed by atoms with van der Waals surface area (Å²) in [5, 5.41) is 21.6. The monoisotopic (exact) mass is 619 g/mol. The third kappa shape index (κ3) is 16.3. The molecule has 1 aromatic heterocycles. The topological polar surface area (TPSA) is 92.4 Å². The van der Waals surface area contributed by atoms with Crippen LogP contribution in [0.1, 0.15) is 64.7 Å². The van der Waals surface area contributed by atoms with Crippen molar-refractivity contribution in [1.82, 2.24) is 19.4 Å². The number of hydrogen-bond donors (Lipinski definition) is 4. The third-order valence-corrected chi connectivity index (χ3v) is 6.95. The van der Waals surface area contributed by atoms with Crippen molar-refractivity contribution in [2.45, 2.75) is 74.9 Å². The van der Waals surface area contributed by atoms with Crippen LogP contribution in [0.5, 0.6) is 0 Å². The highest BCUT2D eigenvalue weighted by atomic mass is 16.3. The highest BCUT2D eigenvalue weighted by Crippen LogP contribution is 2.22. The second kappa shape index (κ2) is 24.7. The van der Waals surface area contributed by atoms with Gasteiger partial charge in [-0.05, 0) is 103 Å². The molecule has 250 valence electrons. The maximum Gasteiger partial charge on any atom is 0.203 e. The molecule has 4 rings (SSSR count). The summed E-state index contributed by atoms with van der Waals surface area (Å²) >= 11 is 0. The maximum atomic E-state index is 7.92. The Bertz CT molecular complexity index is 1250. The summed E-state index contributed by atoms with van der Waals surface area (Å²) in [5.41, 5.74) is 7.59. The van der Waals surface area contributed by atoms with Gasteiger partial charge in [-0.25, -0.2) is 4.98 Å². The Balaban J connectivity index is 0.00000128. The minimum atomic E-state index is -0.111. The first-order chi connectivity index (χ1) is 21.7. The van der Waals surface area contributed by atoms with Crippen molar-refractivity contribution in [2.24, 2.45) is 0 Å². The molecule has 0 aliphatic carbocycles. The molecule has 0 bridgehead atoms. The second-order valence-corrected chi connectivity index (χ2v) is 10.8. The van der Waals surface area contributed by atoms with E-state index in [1.54, 1.807) is 6.92 Å². The van der Waals surface area contributed by atoms with Crippen LogP contribution in [-0.2, 0) is 13.1 Å². The van der Waals surface area contributed by atoms with Crippen LogP contribution in [0.25, 0.3) is 11.0 Å². The summed E-state index contributed by atoms with van der Waals surface area (Å²) in [7, 11) is 2.21. The van der Waals surface area contributed by atoms with Crippen molar-refractivity contribution in [2.75, 3.05) is 63.6 Å². The van der Waals surface area contributed by atoms with Gasteiger partial charge in [0.05, 0.1) is 17.6 Å². The van der Waals surface area contributed by atoms with Crippen molar-refractivity contribution in [3.63, 3.8) is 0 Å². The second-order valence-electron chi connectivity index (χ2n) is 10.8. The zero-order chi connectivity index (χ0) is 34.2. The molecule has 4 N–H and O–H groups in total. The zero-order valence-corrected chi connectivity index (χ0v) is 29.6. The van der Waals surface area contributed by atoms with Gasteiger partial charge >= 0.3 is 0 Å². The molecule has 2 aromatic carbocycles. The van der Waals surface area contributed by atoms with Crippen LogP contribution in [0.3, 0.4) is 0 Å². The fourth-order valence-corrected chi connectivity index (χ4v) is 4.59. The number of allylic oxidation sites excluding steroid dienone is 2. The first-order valence-electron chi connectivity index (χ1n) is 16.2. The molecule has 45 heavy (non-hydrogen) atoms. The molecule has 0 radical (unpaired) electrons. The number of anilines is 2. The first kappa shape index (κ1) is 41.4. The highest BCUT2D eigenvalue weighted by Gasteiger charge is 2.14. The van der Waals surface area contributed by atoms with Gasteiger partial charge < -0.3 is 35.5 Å². The smallest absolute Gasteiger partial charge is 0.203 e. The van der Waals surface area contributed by atoms with E-state index in [1.807, 2.05) is 39.8 Å². The fraction of sp³-hybridized carbons (Fsp3) is 0.514. The van der Waals surface area contributed by atoms with Crippen LogP contribution in [0.4, 0.5) is 11.6 Å². The number of piperazine rings is 1. The molecular formula is C37H61N7O. The number of aryl methyl sites for hydroxylation is 3. The fourth-order valence-electron chi connectivity index (χ4n) is 4.59. The Morgan fingerprint density at radius 3 is 2.07 bits per heavy atom. The number of hydrogen-bond acceptors (Lipinski definition) is 7. The predicted molar refractivity (Wildman–Crippen MR) is 198 cm³/mol. The van der Waals surface area contributed by atoms with Gasteiger partial charge in [0.2, 0.25) is 5.95 Å². The molecule has 0 saturated carbocycles. The lowest BCUT2D eigenvalue weighted by Gasteiger charge is -2.32. The quantitative estimate of drug-likeness (QED) is 0.0830. The number of terminal acetylenes is 1. The van der Waals surface area contributed by atoms with E-state index in [4.69, 9.17) is 15.5 Å². The number of nitrogens with one attached hydrogen (secondary N) is 3. The van der Waals surface area contributed by atoms with Gasteiger partial charge in [-0.2, -0.15) is 0 Å². The number of imidazole rings is 1. The van der Waals surface area contributed by atoms with Crippen LogP contribution >= 0.6 is 0 Å². The zero-order valence-electron chi connectivity index (χ0n) is 29.6. The molecule has 0 atom stereocenters. The van der Waals surface area contributed by atoms with E-state index in [-0.39, 0.29) is 6.61 Å². The van der Waals surface area contributed by atoms with Gasteiger partial charge in [-0.1, -0.05) is 38.1 Å². The molecule has 0 amide bonds. The summed E-state index contributed by atoms with van der Waals surface area (Å²) in [4.78, 5) is 9.85. The third-order valence-electron chi connectivity index (χ3n) is 6.95. The normalized spacial score (nSPS) is 12.8. The number of benzene rings is 2. The minimum Gasteiger partial charge on any atom is -0.390 e. The number of aliphatic hydroxyl groups excluding tert-OH is 1. The number of likely N-dealkylation sites (N-methyl/N-ethyl adjacent to an activating group) is 1. The van der Waals surface area contributed by atoms with Gasteiger partial charge in [-0.15, -0.1) is 12.8 Å². The van der Waals surface area contributed by atoms with Gasteiger partial charge in [0.25, 0.3) is 0 Å². The van der Waals surface area contributed by atoms with Gasteiger partial charge in [-0.3, -0.25) is 0 Å². The molecule has 8 nitrogen and oxygen atoms in total. The van der Waals surface area contributed by atoms with Gasteiger partial charge in [0, 0.05) is 57.2 Å². The van der Waals surface area contributed by atoms with E-state index in [2.05, 4.69) is 102 Å². The lowest BCUT2D eigenvalue weighted by Crippen LogP contribution is -2.44. The van der Waals surface area contributed by atoms with Crippen LogP contribution in [-0.4, -0.2) is 83.1 Å². The SMILES string of the molecule is C#C.C/C=C/C.CC.CC(=N)CO.CCn1c(NCCCN2CCN(C)CC2)nc2ccc(CNc3cc(C)cc(C)c3)cc21. The summed E-state index contributed by atoms with van der Waals surface area (Å²) in [6, 6.07) is 13.2. The molecule has 2 heterocycles.